The molecule has 0 bridgehead atoms. The highest BCUT2D eigenvalue weighted by Crippen LogP contribution is 2.41. The maximum Gasteiger partial charge on any atom is 0.322 e. The fourth-order valence-electron chi connectivity index (χ4n) is 3.64. The van der Waals surface area contributed by atoms with Gasteiger partial charge in [0.05, 0.1) is 24.1 Å². The average Bonchev–Trinajstić information content (AvgIpc) is 2.95. The molecule has 2 aromatic rings. The molecular formula is C16H21N7O. The third-order valence-corrected chi connectivity index (χ3v) is 5.20. The van der Waals surface area contributed by atoms with Crippen molar-refractivity contribution < 1.29 is 4.79 Å². The van der Waals surface area contributed by atoms with Gasteiger partial charge in [-0.15, -0.1) is 0 Å². The molecule has 2 saturated heterocycles. The normalized spacial score (nSPS) is 22.0. The lowest BCUT2D eigenvalue weighted by Gasteiger charge is -2.39. The van der Waals surface area contributed by atoms with Crippen molar-refractivity contribution >= 4 is 11.7 Å². The molecule has 2 aliphatic heterocycles. The van der Waals surface area contributed by atoms with E-state index in [-0.39, 0.29) is 6.03 Å². The first-order valence-electron chi connectivity index (χ1n) is 8.62. The van der Waals surface area contributed by atoms with Gasteiger partial charge in [-0.25, -0.2) is 4.79 Å². The van der Waals surface area contributed by atoms with Crippen LogP contribution in [0.2, 0.25) is 0 Å². The summed E-state index contributed by atoms with van der Waals surface area (Å²) in [6, 6.07) is 0.359. The lowest BCUT2D eigenvalue weighted by atomic mass is 10.1. The number of rotatable bonds is 5. The van der Waals surface area contributed by atoms with Crippen LogP contribution in [0.25, 0.3) is 0 Å². The monoisotopic (exact) mass is 327 g/mol. The van der Waals surface area contributed by atoms with Crippen LogP contribution >= 0.6 is 0 Å². The number of nitrogens with zero attached hydrogens (tertiary/aromatic N) is 5. The van der Waals surface area contributed by atoms with Gasteiger partial charge in [0.2, 0.25) is 0 Å². The molecule has 1 saturated carbocycles. The molecular weight excluding hydrogens is 306 g/mol. The minimum atomic E-state index is -0.0302. The Morgan fingerprint density at radius 3 is 2.88 bits per heavy atom. The molecule has 2 amide bonds. The summed E-state index contributed by atoms with van der Waals surface area (Å²) < 4.78 is 1.99. The van der Waals surface area contributed by atoms with Gasteiger partial charge in [-0.3, -0.25) is 19.6 Å². The number of likely N-dealkylation sites (tertiary alicyclic amines) is 1. The van der Waals surface area contributed by atoms with Crippen LogP contribution in [0.3, 0.4) is 0 Å². The van der Waals surface area contributed by atoms with Crippen molar-refractivity contribution in [1.82, 2.24) is 30.2 Å². The third-order valence-electron chi connectivity index (χ3n) is 5.20. The standard InChI is InChI=1S/C16H21N7O/c24-16-17-3-4-22(16)13-6-19-23(10-13)14-8-21(9-14)7-12-5-18-20-15(12)11-1-2-11/h5-6,10-11,14H,1-4,7-9H2,(H,17,24)(H,18,20). The van der Waals surface area contributed by atoms with E-state index in [1.807, 2.05) is 17.1 Å². The zero-order chi connectivity index (χ0) is 16.1. The van der Waals surface area contributed by atoms with Crippen LogP contribution in [0.5, 0.6) is 0 Å². The van der Waals surface area contributed by atoms with E-state index in [2.05, 4.69) is 25.5 Å². The number of urea groups is 1. The van der Waals surface area contributed by atoms with Crippen molar-refractivity contribution in [2.24, 2.45) is 0 Å². The molecule has 5 rings (SSSR count). The molecule has 0 aromatic carbocycles. The van der Waals surface area contributed by atoms with Crippen molar-refractivity contribution in [1.29, 1.82) is 0 Å². The number of H-pyrrole nitrogens is 1. The first-order chi connectivity index (χ1) is 11.8. The highest BCUT2D eigenvalue weighted by Gasteiger charge is 2.33. The predicted octanol–water partition coefficient (Wildman–Crippen LogP) is 1.07. The van der Waals surface area contributed by atoms with E-state index in [0.29, 0.717) is 25.0 Å². The second-order valence-corrected chi connectivity index (χ2v) is 6.99. The SMILES string of the molecule is O=C1NCCN1c1cnn(C2CN(Cc3cn[nH]c3C3CC3)C2)c1. The fourth-order valence-corrected chi connectivity index (χ4v) is 3.64. The minimum Gasteiger partial charge on any atom is -0.336 e. The van der Waals surface area contributed by atoms with E-state index >= 15 is 0 Å². The molecule has 8 nitrogen and oxygen atoms in total. The zero-order valence-electron chi connectivity index (χ0n) is 13.5. The van der Waals surface area contributed by atoms with Crippen molar-refractivity contribution in [3.05, 3.63) is 29.8 Å². The Hall–Kier alpha value is -2.35. The molecule has 0 unspecified atom stereocenters. The number of anilines is 1. The van der Waals surface area contributed by atoms with Crippen LogP contribution in [-0.4, -0.2) is 57.1 Å². The third kappa shape index (κ3) is 2.37. The highest BCUT2D eigenvalue weighted by molar-refractivity contribution is 5.93. The van der Waals surface area contributed by atoms with Crippen LogP contribution in [0.4, 0.5) is 10.5 Å². The lowest BCUT2D eigenvalue weighted by Crippen LogP contribution is -2.47. The van der Waals surface area contributed by atoms with Crippen LogP contribution in [0, 0.1) is 0 Å². The molecule has 2 aromatic heterocycles. The number of aromatic amines is 1. The summed E-state index contributed by atoms with van der Waals surface area (Å²) in [4.78, 5) is 15.9. The summed E-state index contributed by atoms with van der Waals surface area (Å²) in [6.45, 7) is 4.35. The summed E-state index contributed by atoms with van der Waals surface area (Å²) in [7, 11) is 0. The largest absolute Gasteiger partial charge is 0.336 e. The molecule has 0 spiro atoms. The molecule has 4 heterocycles. The van der Waals surface area contributed by atoms with Gasteiger partial charge < -0.3 is 5.32 Å². The fraction of sp³-hybridized carbons (Fsp3) is 0.562. The van der Waals surface area contributed by atoms with Crippen molar-refractivity contribution in [3.63, 3.8) is 0 Å². The summed E-state index contributed by atoms with van der Waals surface area (Å²) in [5.41, 5.74) is 3.56. The van der Waals surface area contributed by atoms with Gasteiger partial charge in [0.1, 0.15) is 0 Å². The van der Waals surface area contributed by atoms with Crippen molar-refractivity contribution in [2.45, 2.75) is 31.3 Å². The number of hydrogen-bond donors (Lipinski definition) is 2. The Morgan fingerprint density at radius 1 is 1.25 bits per heavy atom. The molecule has 1 aliphatic carbocycles. The number of carbonyl (C=O) groups excluding carboxylic acids is 1. The van der Waals surface area contributed by atoms with Gasteiger partial charge in [-0.1, -0.05) is 0 Å². The van der Waals surface area contributed by atoms with E-state index in [4.69, 9.17) is 0 Å². The maximum absolute atomic E-state index is 11.7. The molecule has 8 heteroatoms. The van der Waals surface area contributed by atoms with Gasteiger partial charge in [0, 0.05) is 56.1 Å². The van der Waals surface area contributed by atoms with Gasteiger partial charge in [0.15, 0.2) is 0 Å². The Morgan fingerprint density at radius 2 is 2.12 bits per heavy atom. The molecule has 126 valence electrons. The van der Waals surface area contributed by atoms with Gasteiger partial charge in [0.25, 0.3) is 0 Å². The Bertz CT molecular complexity index is 756. The number of amides is 2. The van der Waals surface area contributed by atoms with E-state index in [1.165, 1.54) is 24.1 Å². The van der Waals surface area contributed by atoms with E-state index in [1.54, 1.807) is 11.1 Å². The van der Waals surface area contributed by atoms with E-state index in [9.17, 15) is 4.79 Å². The highest BCUT2D eigenvalue weighted by atomic mass is 16.2. The van der Waals surface area contributed by atoms with Crippen LogP contribution in [0.1, 0.15) is 36.1 Å². The number of carbonyl (C=O) groups is 1. The maximum atomic E-state index is 11.7. The number of hydrogen-bond acceptors (Lipinski definition) is 4. The van der Waals surface area contributed by atoms with Crippen LogP contribution in [-0.2, 0) is 6.54 Å². The topological polar surface area (TPSA) is 82.1 Å². The van der Waals surface area contributed by atoms with Gasteiger partial charge >= 0.3 is 6.03 Å². The minimum absolute atomic E-state index is 0.0302. The van der Waals surface area contributed by atoms with Crippen LogP contribution in [0.15, 0.2) is 18.6 Å². The zero-order valence-corrected chi connectivity index (χ0v) is 13.5. The Balaban J connectivity index is 1.20. The summed E-state index contributed by atoms with van der Waals surface area (Å²) in [5.74, 6) is 0.708. The summed E-state index contributed by atoms with van der Waals surface area (Å²) in [5, 5.41) is 14.7. The molecule has 2 N–H and O–H groups in total. The van der Waals surface area contributed by atoms with Crippen molar-refractivity contribution in [3.8, 4) is 0 Å². The quantitative estimate of drug-likeness (QED) is 0.861. The molecule has 0 radical (unpaired) electrons. The first-order valence-corrected chi connectivity index (χ1v) is 8.62. The molecule has 24 heavy (non-hydrogen) atoms. The summed E-state index contributed by atoms with van der Waals surface area (Å²) in [6.07, 6.45) is 8.32. The smallest absolute Gasteiger partial charge is 0.322 e. The number of nitrogens with one attached hydrogen (secondary N) is 2. The van der Waals surface area contributed by atoms with Crippen LogP contribution < -0.4 is 10.2 Å². The molecule has 3 fully saturated rings. The molecule has 0 atom stereocenters. The van der Waals surface area contributed by atoms with E-state index < -0.39 is 0 Å². The van der Waals surface area contributed by atoms with E-state index in [0.717, 1.165) is 25.3 Å². The van der Waals surface area contributed by atoms with Gasteiger partial charge in [-0.2, -0.15) is 10.2 Å². The van der Waals surface area contributed by atoms with Crippen molar-refractivity contribution in [2.75, 3.05) is 31.1 Å². The Labute approximate surface area is 139 Å². The lowest BCUT2D eigenvalue weighted by molar-refractivity contribution is 0.0906. The second kappa shape index (κ2) is 5.34. The second-order valence-electron chi connectivity index (χ2n) is 6.99. The first kappa shape index (κ1) is 14.0. The Kier molecular flexibility index (Phi) is 3.12. The summed E-state index contributed by atoms with van der Waals surface area (Å²) >= 11 is 0. The van der Waals surface area contributed by atoms with Gasteiger partial charge in [-0.05, 0) is 12.8 Å². The predicted molar refractivity (Wildman–Crippen MR) is 87.8 cm³/mol. The molecule has 3 aliphatic rings. The number of aromatic nitrogens is 4. The average molecular weight is 327 g/mol.